The monoisotopic (exact) mass is 174 g/mol. The number of esters is 1. The highest BCUT2D eigenvalue weighted by Gasteiger charge is 2.37. The minimum absolute atomic E-state index is 0.241. The lowest BCUT2D eigenvalue weighted by Crippen LogP contribution is -2.40. The normalized spacial score (nSPS) is 15.0. The average molecular weight is 174 g/mol. The predicted octanol–water partition coefficient (Wildman–Crippen LogP) is 1.37. The predicted molar refractivity (Wildman–Crippen MR) is 43.6 cm³/mol. The van der Waals surface area contributed by atoms with Crippen molar-refractivity contribution in [2.75, 3.05) is 6.61 Å². The lowest BCUT2D eigenvalue weighted by atomic mass is 9.99. The van der Waals surface area contributed by atoms with Gasteiger partial charge in [0, 0.05) is 0 Å². The SMILES string of the molecule is C=C(C)C(C)(OO)C(=O)OCC. The standard InChI is InChI=1S/C8H14O4/c1-5-11-7(9)8(4,12-10)6(2)3/h10H,2,5H2,1,3-4H3. The van der Waals surface area contributed by atoms with Crippen molar-refractivity contribution in [1.29, 1.82) is 0 Å². The molecule has 0 aliphatic heterocycles. The number of rotatable bonds is 4. The van der Waals surface area contributed by atoms with E-state index in [2.05, 4.69) is 16.2 Å². The molecule has 0 saturated carbocycles. The van der Waals surface area contributed by atoms with E-state index in [-0.39, 0.29) is 6.61 Å². The smallest absolute Gasteiger partial charge is 0.345 e. The lowest BCUT2D eigenvalue weighted by molar-refractivity contribution is -0.302. The maximum atomic E-state index is 11.2. The molecule has 1 N–H and O–H groups in total. The fourth-order valence-electron chi connectivity index (χ4n) is 0.558. The van der Waals surface area contributed by atoms with Gasteiger partial charge in [-0.2, -0.15) is 0 Å². The van der Waals surface area contributed by atoms with Gasteiger partial charge in [0.15, 0.2) is 0 Å². The van der Waals surface area contributed by atoms with Crippen LogP contribution < -0.4 is 0 Å². The van der Waals surface area contributed by atoms with Gasteiger partial charge in [0.1, 0.15) is 0 Å². The van der Waals surface area contributed by atoms with Crippen LogP contribution in [0, 0.1) is 0 Å². The maximum absolute atomic E-state index is 11.2. The molecule has 0 rings (SSSR count). The van der Waals surface area contributed by atoms with Crippen LogP contribution in [0.3, 0.4) is 0 Å². The number of carbonyl (C=O) groups is 1. The summed E-state index contributed by atoms with van der Waals surface area (Å²) in [6.07, 6.45) is 0. The molecule has 0 amide bonds. The molecule has 4 nitrogen and oxygen atoms in total. The molecule has 0 aromatic rings. The summed E-state index contributed by atoms with van der Waals surface area (Å²) in [7, 11) is 0. The quantitative estimate of drug-likeness (QED) is 0.303. The Morgan fingerprint density at radius 3 is 2.42 bits per heavy atom. The van der Waals surface area contributed by atoms with Gasteiger partial charge in [0.05, 0.1) is 6.61 Å². The van der Waals surface area contributed by atoms with Crippen LogP contribution in [0.15, 0.2) is 12.2 Å². The van der Waals surface area contributed by atoms with Gasteiger partial charge in [-0.15, -0.1) is 0 Å². The summed E-state index contributed by atoms with van der Waals surface area (Å²) >= 11 is 0. The van der Waals surface area contributed by atoms with Crippen LogP contribution in [0.4, 0.5) is 0 Å². The second-order valence-corrected chi connectivity index (χ2v) is 2.63. The summed E-state index contributed by atoms with van der Waals surface area (Å²) in [5.74, 6) is -0.639. The molecule has 0 bridgehead atoms. The van der Waals surface area contributed by atoms with E-state index in [0.29, 0.717) is 5.57 Å². The molecule has 0 saturated heterocycles. The molecule has 0 aromatic heterocycles. The highest BCUT2D eigenvalue weighted by atomic mass is 17.1. The van der Waals surface area contributed by atoms with Crippen molar-refractivity contribution in [2.24, 2.45) is 0 Å². The number of hydrogen-bond acceptors (Lipinski definition) is 4. The van der Waals surface area contributed by atoms with Crippen LogP contribution in [0.25, 0.3) is 0 Å². The van der Waals surface area contributed by atoms with Crippen molar-refractivity contribution >= 4 is 5.97 Å². The van der Waals surface area contributed by atoms with E-state index in [1.807, 2.05) is 0 Å². The molecule has 70 valence electrons. The highest BCUT2D eigenvalue weighted by molar-refractivity contribution is 5.82. The fraction of sp³-hybridized carbons (Fsp3) is 0.625. The van der Waals surface area contributed by atoms with E-state index in [4.69, 9.17) is 5.26 Å². The van der Waals surface area contributed by atoms with E-state index in [1.54, 1.807) is 13.8 Å². The second-order valence-electron chi connectivity index (χ2n) is 2.63. The zero-order chi connectivity index (χ0) is 9.78. The highest BCUT2D eigenvalue weighted by Crippen LogP contribution is 2.19. The Hall–Kier alpha value is -0.870. The molecule has 0 heterocycles. The fourth-order valence-corrected chi connectivity index (χ4v) is 0.558. The minimum Gasteiger partial charge on any atom is -0.464 e. The second kappa shape index (κ2) is 4.23. The van der Waals surface area contributed by atoms with Gasteiger partial charge in [0.2, 0.25) is 5.60 Å². The largest absolute Gasteiger partial charge is 0.464 e. The summed E-state index contributed by atoms with van der Waals surface area (Å²) in [4.78, 5) is 15.2. The third-order valence-electron chi connectivity index (χ3n) is 1.66. The van der Waals surface area contributed by atoms with Crippen LogP contribution in [-0.2, 0) is 14.4 Å². The molecule has 0 spiro atoms. The number of ether oxygens (including phenoxy) is 1. The number of carbonyl (C=O) groups excluding carboxylic acids is 1. The van der Waals surface area contributed by atoms with E-state index in [9.17, 15) is 4.79 Å². The minimum atomic E-state index is -1.45. The van der Waals surface area contributed by atoms with Crippen LogP contribution >= 0.6 is 0 Å². The van der Waals surface area contributed by atoms with Crippen LogP contribution in [-0.4, -0.2) is 23.4 Å². The van der Waals surface area contributed by atoms with Gasteiger partial charge in [-0.25, -0.2) is 9.68 Å². The third-order valence-corrected chi connectivity index (χ3v) is 1.66. The van der Waals surface area contributed by atoms with E-state index in [1.165, 1.54) is 6.92 Å². The van der Waals surface area contributed by atoms with Crippen molar-refractivity contribution in [2.45, 2.75) is 26.4 Å². The molecule has 0 aliphatic rings. The first-order chi connectivity index (χ1) is 5.49. The molecule has 0 aliphatic carbocycles. The molecular formula is C8H14O4. The van der Waals surface area contributed by atoms with Gasteiger partial charge in [-0.1, -0.05) is 6.58 Å². The zero-order valence-corrected chi connectivity index (χ0v) is 7.59. The molecular weight excluding hydrogens is 160 g/mol. The molecule has 0 radical (unpaired) electrons. The topological polar surface area (TPSA) is 55.8 Å². The summed E-state index contributed by atoms with van der Waals surface area (Å²) in [5.41, 5.74) is -1.06. The average Bonchev–Trinajstić information content (AvgIpc) is 2.03. The summed E-state index contributed by atoms with van der Waals surface area (Å²) in [6, 6.07) is 0. The Balaban J connectivity index is 4.52. The first kappa shape index (κ1) is 11.1. The van der Waals surface area contributed by atoms with E-state index >= 15 is 0 Å². The van der Waals surface area contributed by atoms with Crippen LogP contribution in [0.1, 0.15) is 20.8 Å². The van der Waals surface area contributed by atoms with E-state index < -0.39 is 11.6 Å². The van der Waals surface area contributed by atoms with Crippen LogP contribution in [0.5, 0.6) is 0 Å². The lowest BCUT2D eigenvalue weighted by Gasteiger charge is -2.23. The molecule has 0 fully saturated rings. The maximum Gasteiger partial charge on any atom is 0.345 e. The summed E-state index contributed by atoms with van der Waals surface area (Å²) < 4.78 is 4.67. The summed E-state index contributed by atoms with van der Waals surface area (Å²) in [6.45, 7) is 8.40. The van der Waals surface area contributed by atoms with Crippen molar-refractivity contribution < 1.29 is 19.7 Å². The zero-order valence-electron chi connectivity index (χ0n) is 7.59. The van der Waals surface area contributed by atoms with E-state index in [0.717, 1.165) is 0 Å². The van der Waals surface area contributed by atoms with Gasteiger partial charge >= 0.3 is 5.97 Å². The Morgan fingerprint density at radius 2 is 2.17 bits per heavy atom. The Morgan fingerprint density at radius 1 is 1.67 bits per heavy atom. The van der Waals surface area contributed by atoms with Gasteiger partial charge < -0.3 is 4.74 Å². The molecule has 1 unspecified atom stereocenters. The Labute approximate surface area is 71.7 Å². The van der Waals surface area contributed by atoms with Crippen molar-refractivity contribution in [1.82, 2.24) is 0 Å². The van der Waals surface area contributed by atoms with Gasteiger partial charge in [-0.3, -0.25) is 5.26 Å². The van der Waals surface area contributed by atoms with Crippen molar-refractivity contribution in [3.63, 3.8) is 0 Å². The third kappa shape index (κ3) is 2.06. The molecule has 4 heteroatoms. The first-order valence-corrected chi connectivity index (χ1v) is 3.64. The molecule has 1 atom stereocenters. The van der Waals surface area contributed by atoms with Crippen molar-refractivity contribution in [3.05, 3.63) is 12.2 Å². The van der Waals surface area contributed by atoms with Crippen molar-refractivity contribution in [3.8, 4) is 0 Å². The first-order valence-electron chi connectivity index (χ1n) is 3.64. The number of hydrogen-bond donors (Lipinski definition) is 1. The van der Waals surface area contributed by atoms with Gasteiger partial charge in [0.25, 0.3) is 0 Å². The van der Waals surface area contributed by atoms with Gasteiger partial charge in [-0.05, 0) is 26.3 Å². The molecule has 0 aromatic carbocycles. The Kier molecular flexibility index (Phi) is 3.92. The molecule has 12 heavy (non-hydrogen) atoms. The van der Waals surface area contributed by atoms with Crippen LogP contribution in [0.2, 0.25) is 0 Å². The summed E-state index contributed by atoms with van der Waals surface area (Å²) in [5, 5.41) is 8.49. The Bertz CT molecular complexity index is 187.